The fourth-order valence-electron chi connectivity index (χ4n) is 1.49. The van der Waals surface area contributed by atoms with E-state index >= 15 is 0 Å². The van der Waals surface area contributed by atoms with Crippen LogP contribution >= 0.6 is 11.3 Å². The molecule has 1 unspecified atom stereocenters. The van der Waals surface area contributed by atoms with Crippen LogP contribution in [0.4, 0.5) is 5.13 Å². The lowest BCUT2D eigenvalue weighted by Crippen LogP contribution is -2.42. The van der Waals surface area contributed by atoms with Crippen LogP contribution in [0.3, 0.4) is 0 Å². The van der Waals surface area contributed by atoms with E-state index in [9.17, 15) is 0 Å². The Balaban J connectivity index is 2.04. The van der Waals surface area contributed by atoms with Crippen molar-refractivity contribution >= 4 is 16.5 Å². The second kappa shape index (κ2) is 3.37. The molecule has 1 saturated heterocycles. The van der Waals surface area contributed by atoms with Crippen molar-refractivity contribution in [1.82, 2.24) is 10.2 Å². The molecule has 66 valence electrons. The highest BCUT2D eigenvalue weighted by Gasteiger charge is 2.18. The third-order valence-electron chi connectivity index (χ3n) is 2.08. The zero-order chi connectivity index (χ0) is 8.39. The van der Waals surface area contributed by atoms with Gasteiger partial charge in [-0.1, -0.05) is 11.3 Å². The summed E-state index contributed by atoms with van der Waals surface area (Å²) in [5.41, 5.74) is 7.61. The quantitative estimate of drug-likeness (QED) is 0.689. The maximum atomic E-state index is 5.85. The van der Waals surface area contributed by atoms with Crippen molar-refractivity contribution in [2.75, 3.05) is 18.0 Å². The fourth-order valence-corrected chi connectivity index (χ4v) is 2.09. The molecular weight excluding hydrogens is 172 g/mol. The number of rotatable bonds is 1. The van der Waals surface area contributed by atoms with Gasteiger partial charge in [0.1, 0.15) is 5.51 Å². The number of aromatic nitrogens is 2. The predicted octanol–water partition coefficient (Wildman–Crippen LogP) is 0.466. The second-order valence-electron chi connectivity index (χ2n) is 3.07. The maximum Gasteiger partial charge on any atom is 0.208 e. The Labute approximate surface area is 75.4 Å². The highest BCUT2D eigenvalue weighted by Crippen LogP contribution is 2.19. The molecular formula is C7H12N4S. The Bertz CT molecular complexity index is 236. The third kappa shape index (κ3) is 1.56. The number of nitrogens with zero attached hydrogens (tertiary/aromatic N) is 3. The van der Waals surface area contributed by atoms with Crippen LogP contribution in [-0.2, 0) is 0 Å². The first-order valence-corrected chi connectivity index (χ1v) is 5.01. The van der Waals surface area contributed by atoms with E-state index < -0.39 is 0 Å². The number of nitrogens with two attached hydrogens (primary N) is 1. The van der Waals surface area contributed by atoms with Gasteiger partial charge in [-0.05, 0) is 12.8 Å². The Morgan fingerprint density at radius 1 is 1.67 bits per heavy atom. The first kappa shape index (κ1) is 7.94. The molecule has 0 spiro atoms. The average molecular weight is 184 g/mol. The van der Waals surface area contributed by atoms with Crippen LogP contribution in [0.2, 0.25) is 0 Å². The third-order valence-corrected chi connectivity index (χ3v) is 2.83. The zero-order valence-corrected chi connectivity index (χ0v) is 7.63. The largest absolute Gasteiger partial charge is 0.345 e. The van der Waals surface area contributed by atoms with Gasteiger partial charge in [-0.15, -0.1) is 10.2 Å². The van der Waals surface area contributed by atoms with Gasteiger partial charge in [0.25, 0.3) is 0 Å². The summed E-state index contributed by atoms with van der Waals surface area (Å²) in [6, 6.07) is 0.308. The molecule has 2 rings (SSSR count). The van der Waals surface area contributed by atoms with Gasteiger partial charge in [-0.2, -0.15) is 0 Å². The van der Waals surface area contributed by atoms with Crippen molar-refractivity contribution < 1.29 is 0 Å². The van der Waals surface area contributed by atoms with Gasteiger partial charge in [0.2, 0.25) is 5.13 Å². The van der Waals surface area contributed by atoms with Gasteiger partial charge >= 0.3 is 0 Å². The maximum absolute atomic E-state index is 5.85. The highest BCUT2D eigenvalue weighted by molar-refractivity contribution is 7.13. The molecule has 0 radical (unpaired) electrons. The highest BCUT2D eigenvalue weighted by atomic mass is 32.1. The molecule has 1 aliphatic heterocycles. The van der Waals surface area contributed by atoms with Gasteiger partial charge in [0, 0.05) is 19.1 Å². The molecule has 5 heteroatoms. The summed E-state index contributed by atoms with van der Waals surface area (Å²) in [7, 11) is 0. The molecule has 1 aliphatic rings. The molecule has 1 atom stereocenters. The molecule has 1 aromatic rings. The number of hydrogen-bond acceptors (Lipinski definition) is 5. The van der Waals surface area contributed by atoms with Crippen LogP contribution < -0.4 is 10.6 Å². The van der Waals surface area contributed by atoms with Crippen molar-refractivity contribution in [2.24, 2.45) is 5.73 Å². The standard InChI is InChI=1S/C7H12N4S/c8-6-2-1-3-11(4-6)7-10-9-5-12-7/h5-6H,1-4,8H2. The minimum absolute atomic E-state index is 0.308. The van der Waals surface area contributed by atoms with E-state index in [4.69, 9.17) is 5.73 Å². The number of hydrogen-bond donors (Lipinski definition) is 1. The van der Waals surface area contributed by atoms with E-state index in [2.05, 4.69) is 15.1 Å². The topological polar surface area (TPSA) is 55.0 Å². The zero-order valence-electron chi connectivity index (χ0n) is 6.81. The molecule has 0 amide bonds. The molecule has 1 aromatic heterocycles. The summed E-state index contributed by atoms with van der Waals surface area (Å²) >= 11 is 1.58. The van der Waals surface area contributed by atoms with Crippen molar-refractivity contribution in [3.63, 3.8) is 0 Å². The van der Waals surface area contributed by atoms with Gasteiger partial charge in [-0.3, -0.25) is 0 Å². The van der Waals surface area contributed by atoms with Crippen molar-refractivity contribution in [3.05, 3.63) is 5.51 Å². The molecule has 0 aromatic carbocycles. The van der Waals surface area contributed by atoms with E-state index in [1.54, 1.807) is 16.8 Å². The molecule has 4 nitrogen and oxygen atoms in total. The Morgan fingerprint density at radius 3 is 3.25 bits per heavy atom. The van der Waals surface area contributed by atoms with Gasteiger partial charge in [0.05, 0.1) is 0 Å². The summed E-state index contributed by atoms with van der Waals surface area (Å²) in [5.74, 6) is 0. The molecule has 2 N–H and O–H groups in total. The first-order valence-electron chi connectivity index (χ1n) is 4.13. The predicted molar refractivity (Wildman–Crippen MR) is 49.3 cm³/mol. The lowest BCUT2D eigenvalue weighted by Gasteiger charge is -2.29. The monoisotopic (exact) mass is 184 g/mol. The minimum atomic E-state index is 0.308. The summed E-state index contributed by atoms with van der Waals surface area (Å²) < 4.78 is 0. The molecule has 0 saturated carbocycles. The van der Waals surface area contributed by atoms with Gasteiger partial charge in [-0.25, -0.2) is 0 Å². The van der Waals surface area contributed by atoms with E-state index in [1.807, 2.05) is 0 Å². The average Bonchev–Trinajstić information content (AvgIpc) is 2.56. The van der Waals surface area contributed by atoms with Crippen LogP contribution in [0.1, 0.15) is 12.8 Å². The van der Waals surface area contributed by atoms with Gasteiger partial charge in [0.15, 0.2) is 0 Å². The number of anilines is 1. The smallest absolute Gasteiger partial charge is 0.208 e. The van der Waals surface area contributed by atoms with E-state index in [0.717, 1.165) is 24.6 Å². The fraction of sp³-hybridized carbons (Fsp3) is 0.714. The van der Waals surface area contributed by atoms with Gasteiger partial charge < -0.3 is 10.6 Å². The summed E-state index contributed by atoms with van der Waals surface area (Å²) in [5, 5.41) is 8.83. The van der Waals surface area contributed by atoms with E-state index in [-0.39, 0.29) is 0 Å². The van der Waals surface area contributed by atoms with Crippen LogP contribution in [0.5, 0.6) is 0 Å². The molecule has 0 bridgehead atoms. The van der Waals surface area contributed by atoms with Crippen LogP contribution in [-0.4, -0.2) is 29.3 Å². The van der Waals surface area contributed by atoms with E-state index in [0.29, 0.717) is 6.04 Å². The first-order chi connectivity index (χ1) is 5.86. The lowest BCUT2D eigenvalue weighted by atomic mass is 10.1. The molecule has 2 heterocycles. The van der Waals surface area contributed by atoms with Crippen molar-refractivity contribution in [2.45, 2.75) is 18.9 Å². The van der Waals surface area contributed by atoms with Crippen LogP contribution in [0.25, 0.3) is 0 Å². The van der Waals surface area contributed by atoms with Crippen LogP contribution in [0, 0.1) is 0 Å². The minimum Gasteiger partial charge on any atom is -0.345 e. The molecule has 0 aliphatic carbocycles. The van der Waals surface area contributed by atoms with Crippen molar-refractivity contribution in [3.8, 4) is 0 Å². The number of piperidine rings is 1. The second-order valence-corrected chi connectivity index (χ2v) is 3.88. The summed E-state index contributed by atoms with van der Waals surface area (Å²) in [4.78, 5) is 2.21. The lowest BCUT2D eigenvalue weighted by molar-refractivity contribution is 0.505. The SMILES string of the molecule is NC1CCCN(c2nncs2)C1. The summed E-state index contributed by atoms with van der Waals surface area (Å²) in [6.45, 7) is 2.00. The summed E-state index contributed by atoms with van der Waals surface area (Å²) in [6.07, 6.45) is 2.30. The van der Waals surface area contributed by atoms with Crippen LogP contribution in [0.15, 0.2) is 5.51 Å². The van der Waals surface area contributed by atoms with E-state index in [1.165, 1.54) is 6.42 Å². The molecule has 12 heavy (non-hydrogen) atoms. The van der Waals surface area contributed by atoms with Crippen molar-refractivity contribution in [1.29, 1.82) is 0 Å². The Kier molecular flexibility index (Phi) is 2.23. The normalized spacial score (nSPS) is 24.4. The molecule has 1 fully saturated rings. The Morgan fingerprint density at radius 2 is 2.58 bits per heavy atom. The Hall–Kier alpha value is -0.680.